The molecule has 4 rings (SSSR count). The van der Waals surface area contributed by atoms with E-state index in [9.17, 15) is 4.79 Å². The minimum Gasteiger partial charge on any atom is -0.344 e. The second-order valence-electron chi connectivity index (χ2n) is 6.42. The number of amidine groups is 1. The summed E-state index contributed by atoms with van der Waals surface area (Å²) in [6, 6.07) is 18.3. The van der Waals surface area contributed by atoms with Crippen LogP contribution in [0.25, 0.3) is 17.0 Å². The molecule has 1 N–H and O–H groups in total. The van der Waals surface area contributed by atoms with Crippen LogP contribution in [-0.2, 0) is 4.79 Å². The summed E-state index contributed by atoms with van der Waals surface area (Å²) in [4.78, 5) is 17.5. The first kappa shape index (κ1) is 16.7. The second-order valence-corrected chi connectivity index (χ2v) is 7.45. The molecule has 0 bridgehead atoms. The first-order chi connectivity index (χ1) is 12.6. The highest BCUT2D eigenvalue weighted by atomic mass is 32.2. The van der Waals surface area contributed by atoms with Crippen molar-refractivity contribution in [2.45, 2.75) is 19.9 Å². The van der Waals surface area contributed by atoms with E-state index < -0.39 is 0 Å². The molecular formula is C21H19N3OS. The van der Waals surface area contributed by atoms with Gasteiger partial charge in [-0.15, -0.1) is 0 Å². The van der Waals surface area contributed by atoms with Crippen molar-refractivity contribution in [3.8, 4) is 0 Å². The van der Waals surface area contributed by atoms with Crippen molar-refractivity contribution in [3.63, 3.8) is 0 Å². The number of carbonyl (C=O) groups excluding carboxylic acids is 1. The number of hydrogen-bond donors (Lipinski definition) is 1. The van der Waals surface area contributed by atoms with Crippen LogP contribution in [0.3, 0.4) is 0 Å². The highest BCUT2D eigenvalue weighted by Crippen LogP contribution is 2.31. The fourth-order valence-electron chi connectivity index (χ4n) is 3.02. The number of hydrogen-bond acceptors (Lipinski definition) is 3. The first-order valence-corrected chi connectivity index (χ1v) is 9.37. The molecule has 1 aliphatic heterocycles. The highest BCUT2D eigenvalue weighted by molar-refractivity contribution is 8.18. The Morgan fingerprint density at radius 1 is 1.08 bits per heavy atom. The van der Waals surface area contributed by atoms with E-state index in [1.807, 2.05) is 48.5 Å². The summed E-state index contributed by atoms with van der Waals surface area (Å²) in [6.45, 7) is 4.32. The van der Waals surface area contributed by atoms with Gasteiger partial charge in [-0.2, -0.15) is 0 Å². The standard InChI is InChI=1S/C21H19N3OS/c1-14(2)24-13-15(17-10-6-7-11-18(17)24)12-19-20(25)23-21(26-19)22-16-8-4-3-5-9-16/h3-14H,1-2H3,(H,22,23,25)/b19-12+. The summed E-state index contributed by atoms with van der Waals surface area (Å²) >= 11 is 1.38. The summed E-state index contributed by atoms with van der Waals surface area (Å²) in [5.41, 5.74) is 3.05. The Balaban J connectivity index is 1.70. The molecule has 0 aliphatic carbocycles. The Labute approximate surface area is 156 Å². The topological polar surface area (TPSA) is 46.4 Å². The van der Waals surface area contributed by atoms with E-state index in [0.717, 1.165) is 16.6 Å². The van der Waals surface area contributed by atoms with Crippen molar-refractivity contribution < 1.29 is 4.79 Å². The molecule has 4 nitrogen and oxygen atoms in total. The third kappa shape index (κ3) is 3.18. The molecule has 5 heteroatoms. The molecule has 3 aromatic rings. The number of carbonyl (C=O) groups is 1. The molecule has 26 heavy (non-hydrogen) atoms. The minimum absolute atomic E-state index is 0.106. The van der Waals surface area contributed by atoms with E-state index in [1.54, 1.807) is 0 Å². The zero-order chi connectivity index (χ0) is 18.1. The molecule has 1 aliphatic rings. The molecule has 0 atom stereocenters. The number of para-hydroxylation sites is 2. The van der Waals surface area contributed by atoms with Crippen LogP contribution in [0, 0.1) is 0 Å². The Bertz CT molecular complexity index is 1030. The molecule has 130 valence electrons. The number of thioether (sulfide) groups is 1. The van der Waals surface area contributed by atoms with Gasteiger partial charge in [0.05, 0.1) is 10.6 Å². The number of nitrogens with one attached hydrogen (secondary N) is 1. The van der Waals surface area contributed by atoms with Crippen LogP contribution >= 0.6 is 11.8 Å². The Hall–Kier alpha value is -2.79. The predicted molar refractivity (Wildman–Crippen MR) is 110 cm³/mol. The molecule has 0 radical (unpaired) electrons. The fourth-order valence-corrected chi connectivity index (χ4v) is 3.85. The van der Waals surface area contributed by atoms with Gasteiger partial charge in [0, 0.05) is 28.7 Å². The lowest BCUT2D eigenvalue weighted by Crippen LogP contribution is -2.19. The van der Waals surface area contributed by atoms with E-state index in [4.69, 9.17) is 0 Å². The quantitative estimate of drug-likeness (QED) is 0.659. The number of nitrogens with zero attached hydrogens (tertiary/aromatic N) is 2. The van der Waals surface area contributed by atoms with E-state index in [0.29, 0.717) is 16.1 Å². The van der Waals surface area contributed by atoms with Crippen molar-refractivity contribution in [3.05, 3.63) is 71.3 Å². The lowest BCUT2D eigenvalue weighted by Gasteiger charge is -2.08. The zero-order valence-corrected chi connectivity index (χ0v) is 15.5. The molecule has 2 heterocycles. The van der Waals surface area contributed by atoms with Gasteiger partial charge in [-0.25, -0.2) is 4.99 Å². The van der Waals surface area contributed by atoms with Crippen molar-refractivity contribution >= 4 is 45.5 Å². The monoisotopic (exact) mass is 361 g/mol. The first-order valence-electron chi connectivity index (χ1n) is 8.56. The van der Waals surface area contributed by atoms with Crippen LogP contribution in [0.1, 0.15) is 25.5 Å². The smallest absolute Gasteiger partial charge is 0.264 e. The Morgan fingerprint density at radius 2 is 1.81 bits per heavy atom. The van der Waals surface area contributed by atoms with E-state index >= 15 is 0 Å². The summed E-state index contributed by atoms with van der Waals surface area (Å²) in [5.74, 6) is -0.106. The van der Waals surface area contributed by atoms with Gasteiger partial charge < -0.3 is 9.88 Å². The molecule has 0 saturated carbocycles. The van der Waals surface area contributed by atoms with Gasteiger partial charge in [-0.1, -0.05) is 36.4 Å². The molecular weight excluding hydrogens is 342 g/mol. The third-order valence-corrected chi connectivity index (χ3v) is 5.16. The van der Waals surface area contributed by atoms with Crippen LogP contribution in [-0.4, -0.2) is 15.6 Å². The van der Waals surface area contributed by atoms with Gasteiger partial charge in [0.2, 0.25) is 0 Å². The van der Waals surface area contributed by atoms with Crippen molar-refractivity contribution in [1.29, 1.82) is 0 Å². The molecule has 1 amide bonds. The molecule has 0 spiro atoms. The SMILES string of the molecule is CC(C)n1cc(/C=C2/SC(=Nc3ccccc3)NC2=O)c2ccccc21. The lowest BCUT2D eigenvalue weighted by atomic mass is 10.1. The molecule has 1 saturated heterocycles. The largest absolute Gasteiger partial charge is 0.344 e. The number of fused-ring (bicyclic) bond motifs is 1. The van der Waals surface area contributed by atoms with Crippen LogP contribution < -0.4 is 5.32 Å². The van der Waals surface area contributed by atoms with E-state index in [2.05, 4.69) is 47.1 Å². The maximum Gasteiger partial charge on any atom is 0.264 e. The zero-order valence-electron chi connectivity index (χ0n) is 14.6. The van der Waals surface area contributed by atoms with Gasteiger partial charge in [0.1, 0.15) is 0 Å². The summed E-state index contributed by atoms with van der Waals surface area (Å²) in [7, 11) is 0. The van der Waals surface area contributed by atoms with Gasteiger partial charge in [-0.05, 0) is 49.9 Å². The van der Waals surface area contributed by atoms with Gasteiger partial charge in [0.15, 0.2) is 5.17 Å². The van der Waals surface area contributed by atoms with Gasteiger partial charge >= 0.3 is 0 Å². The van der Waals surface area contributed by atoms with Crippen LogP contribution in [0.2, 0.25) is 0 Å². The summed E-state index contributed by atoms with van der Waals surface area (Å²) in [5, 5.41) is 4.61. The highest BCUT2D eigenvalue weighted by Gasteiger charge is 2.24. The summed E-state index contributed by atoms with van der Waals surface area (Å²) < 4.78 is 2.23. The number of amides is 1. The average Bonchev–Trinajstić information content (AvgIpc) is 3.17. The van der Waals surface area contributed by atoms with Crippen LogP contribution in [0.15, 0.2) is 70.7 Å². The predicted octanol–water partition coefficient (Wildman–Crippen LogP) is 5.11. The van der Waals surface area contributed by atoms with Crippen molar-refractivity contribution in [2.24, 2.45) is 4.99 Å². The van der Waals surface area contributed by atoms with Crippen LogP contribution in [0.5, 0.6) is 0 Å². The molecule has 1 aromatic heterocycles. The molecule has 1 fully saturated rings. The number of aliphatic imine (C=N–C) groups is 1. The number of rotatable bonds is 3. The Morgan fingerprint density at radius 3 is 2.58 bits per heavy atom. The third-order valence-electron chi connectivity index (χ3n) is 4.25. The van der Waals surface area contributed by atoms with Crippen molar-refractivity contribution in [2.75, 3.05) is 0 Å². The summed E-state index contributed by atoms with van der Waals surface area (Å²) in [6.07, 6.45) is 4.07. The maximum atomic E-state index is 12.4. The fraction of sp³-hybridized carbons (Fsp3) is 0.143. The molecule has 2 aromatic carbocycles. The minimum atomic E-state index is -0.106. The van der Waals surface area contributed by atoms with Crippen molar-refractivity contribution in [1.82, 2.24) is 9.88 Å². The van der Waals surface area contributed by atoms with E-state index in [-0.39, 0.29) is 5.91 Å². The number of aromatic nitrogens is 1. The maximum absolute atomic E-state index is 12.4. The second kappa shape index (κ2) is 6.84. The molecule has 0 unspecified atom stereocenters. The van der Waals surface area contributed by atoms with E-state index in [1.165, 1.54) is 17.3 Å². The van der Waals surface area contributed by atoms with Gasteiger partial charge in [-0.3, -0.25) is 4.79 Å². The normalized spacial score (nSPS) is 17.6. The number of benzene rings is 2. The lowest BCUT2D eigenvalue weighted by molar-refractivity contribution is -0.115. The Kier molecular flexibility index (Phi) is 4.39. The van der Waals surface area contributed by atoms with Gasteiger partial charge in [0.25, 0.3) is 5.91 Å². The van der Waals surface area contributed by atoms with Crippen LogP contribution in [0.4, 0.5) is 5.69 Å². The average molecular weight is 361 g/mol.